The third-order valence-electron chi connectivity index (χ3n) is 9.38. The number of aliphatic hydroxyl groups is 1. The third kappa shape index (κ3) is 44.9. The Balaban J connectivity index is -0.000000403. The minimum Gasteiger partial charge on any atom is -0.480 e. The smallest absolute Gasteiger partial charge is 0.331 e. The molecule has 77 heavy (non-hydrogen) atoms. The normalized spacial score (nSPS) is 16.5. The van der Waals surface area contributed by atoms with Crippen LogP contribution in [0.25, 0.3) is 0 Å². The number of H-pyrrole nitrogens is 2. The fourth-order valence-electron chi connectivity index (χ4n) is 4.95. The van der Waals surface area contributed by atoms with Gasteiger partial charge in [0, 0.05) is 48.1 Å². The number of esters is 2. The minimum atomic E-state index is -1.18. The van der Waals surface area contributed by atoms with Crippen molar-refractivity contribution in [3.63, 3.8) is 0 Å². The molecule has 2 fully saturated rings. The van der Waals surface area contributed by atoms with Crippen LogP contribution in [0.2, 0.25) is 0 Å². The van der Waals surface area contributed by atoms with E-state index in [-0.39, 0.29) is 36.4 Å². The van der Waals surface area contributed by atoms with Gasteiger partial charge in [0.2, 0.25) is 0 Å². The second-order valence-electron chi connectivity index (χ2n) is 16.7. The number of nitrogens with two attached hydrogens (primary N) is 8. The number of aliphatic hydroxyl groups excluding tert-OH is 1. The molecule has 0 aromatic carbocycles. The highest BCUT2D eigenvalue weighted by Crippen LogP contribution is 2.05. The van der Waals surface area contributed by atoms with E-state index in [1.807, 2.05) is 13.8 Å². The van der Waals surface area contributed by atoms with E-state index in [0.29, 0.717) is 31.0 Å². The highest BCUT2D eigenvalue weighted by molar-refractivity contribution is 7.80. The fourth-order valence-corrected chi connectivity index (χ4v) is 5.26. The first-order valence-corrected chi connectivity index (χ1v) is 24.8. The van der Waals surface area contributed by atoms with Crippen LogP contribution in [0.3, 0.4) is 0 Å². The summed E-state index contributed by atoms with van der Waals surface area (Å²) in [4.78, 5) is 106. The maximum Gasteiger partial charge on any atom is 0.331 e. The van der Waals surface area contributed by atoms with Crippen LogP contribution >= 0.6 is 25.3 Å². The molecule has 2 aromatic heterocycles. The summed E-state index contributed by atoms with van der Waals surface area (Å²) in [6.45, 7) is 5.71. The Morgan fingerprint density at radius 3 is 1.21 bits per heavy atom. The first-order valence-electron chi connectivity index (χ1n) is 23.5. The monoisotopic (exact) mass is 1150 g/mol. The average molecular weight is 1150 g/mol. The summed E-state index contributed by atoms with van der Waals surface area (Å²) >= 11 is 7.47. The van der Waals surface area contributed by atoms with Crippen molar-refractivity contribution >= 4 is 79.0 Å². The van der Waals surface area contributed by atoms with Gasteiger partial charge in [-0.1, -0.05) is 20.3 Å². The Morgan fingerprint density at radius 1 is 0.584 bits per heavy atom. The lowest BCUT2D eigenvalue weighted by Crippen LogP contribution is -2.41. The van der Waals surface area contributed by atoms with Gasteiger partial charge in [0.15, 0.2) is 0 Å². The van der Waals surface area contributed by atoms with Gasteiger partial charge in [0.1, 0.15) is 54.4 Å². The summed E-state index contributed by atoms with van der Waals surface area (Å²) in [7, 11) is 0. The van der Waals surface area contributed by atoms with Crippen molar-refractivity contribution in [3.8, 4) is 0 Å². The molecule has 0 bridgehead atoms. The standard InChI is InChI=1S/C9H14N4O3S.C6H9N3O2.C6H14N2O2.C6H13NO2.2C5H9NO2.C3H7NO3.C3H7NO2S/c10-6(1-5-2-12-4-13-5)8(14)16-9(15)7(11)3-17;7-5(6(10)11)1-4-2-8-3-9-4;7-4-2-1-3-5(8)6(9)10;1-4(2)3-5(7)6(8)9;2*7-5(8)4-2-1-3-6-4;4-2(1-5)3(6)7;4-2(1-7)3(5)6/h2,4,6-7,17H,1,3,10-11H2,(H,12,13);2-3,5H,1,7H2,(H,8,9)(H,10,11);5H,1-4,7-8H2,(H,9,10);4-5H,3,7H2,1-2H3,(H,8,9);2*4,6H,1-3H2,(H,7,8);2,5H,1,4H2,(H,6,7);2,7H,1,4H2,(H,5,6)/t6-,7-;3*5-;2*4-;2*2-/m00000000/s1. The number of nitrogens with zero attached hydrogens (tertiary/aromatic N) is 2. The summed E-state index contributed by atoms with van der Waals surface area (Å²) in [5.41, 5.74) is 42.9. The maximum atomic E-state index is 11.4. The summed E-state index contributed by atoms with van der Waals surface area (Å²) in [5.74, 6) is -7.47. The predicted octanol–water partition coefficient (Wildman–Crippen LogP) is -4.69. The Hall–Kier alpha value is -5.89. The lowest BCUT2D eigenvalue weighted by Gasteiger charge is -2.11. The highest BCUT2D eigenvalue weighted by atomic mass is 32.1. The molecule has 0 radical (unpaired) electrons. The van der Waals surface area contributed by atoms with E-state index in [1.165, 1.54) is 18.9 Å². The zero-order chi connectivity index (χ0) is 60.2. The van der Waals surface area contributed by atoms with E-state index in [1.54, 1.807) is 6.20 Å². The number of hydrogen-bond acceptors (Lipinski definition) is 25. The van der Waals surface area contributed by atoms with Gasteiger partial charge in [-0.25, -0.2) is 19.6 Å². The van der Waals surface area contributed by atoms with Crippen molar-refractivity contribution in [3.05, 3.63) is 36.4 Å². The first-order chi connectivity index (χ1) is 35.9. The summed E-state index contributed by atoms with van der Waals surface area (Å²) in [5, 5.41) is 71.4. The zero-order valence-corrected chi connectivity index (χ0v) is 44.8. The number of aromatic amines is 2. The van der Waals surface area contributed by atoms with Crippen LogP contribution in [0.4, 0.5) is 0 Å². The second kappa shape index (κ2) is 47.3. The number of imidazole rings is 2. The Labute approximate surface area is 455 Å². The van der Waals surface area contributed by atoms with Gasteiger partial charge >= 0.3 is 53.7 Å². The molecule has 444 valence electrons. The summed E-state index contributed by atoms with van der Waals surface area (Å²) < 4.78 is 4.50. The lowest BCUT2D eigenvalue weighted by molar-refractivity contribution is -0.161. The quantitative estimate of drug-likeness (QED) is 0.0228. The van der Waals surface area contributed by atoms with Crippen molar-refractivity contribution in [2.75, 3.05) is 37.7 Å². The molecular weight excluding hydrogens is 1060 g/mol. The number of aromatic nitrogens is 4. The number of aliphatic carboxylic acids is 7. The fraction of sp³-hybridized carbons (Fsp3) is 0.651. The Kier molecular flexibility index (Phi) is 47.7. The van der Waals surface area contributed by atoms with Crippen LogP contribution in [-0.2, 0) is 60.7 Å². The van der Waals surface area contributed by atoms with Crippen molar-refractivity contribution in [2.24, 2.45) is 51.8 Å². The number of carbonyl (C=O) groups excluding carboxylic acids is 2. The van der Waals surface area contributed by atoms with Gasteiger partial charge in [-0.3, -0.25) is 33.6 Å². The van der Waals surface area contributed by atoms with E-state index in [0.717, 1.165) is 57.3 Å². The SMILES string of the molecule is CC(C)C[C@H](N)C(=O)O.NCCCC[C@H](N)C(=O)O.N[C@@H](CO)C(=O)O.N[C@@H](CS)C(=O)O.N[C@@H](CS)C(=O)OC(=O)[C@@H](N)Cc1cnc[nH]1.N[C@@H](Cc1cnc[nH]1)C(=O)O.O=C(O)[C@@H]1CCCN1.O=C(O)[C@@H]1CCCN1. The molecule has 4 heterocycles. The summed E-state index contributed by atoms with van der Waals surface area (Å²) in [6, 6.07) is -6.60. The molecule has 4 rings (SSSR count). The van der Waals surface area contributed by atoms with Crippen LogP contribution < -0.4 is 56.5 Å². The number of ether oxygens (including phenoxy) is 1. The van der Waals surface area contributed by atoms with E-state index in [2.05, 4.69) is 60.6 Å². The lowest BCUT2D eigenvalue weighted by atomic mass is 10.1. The number of thiol groups is 2. The molecule has 0 aliphatic carbocycles. The molecule has 0 spiro atoms. The predicted molar refractivity (Wildman–Crippen MR) is 284 cm³/mol. The van der Waals surface area contributed by atoms with Crippen LogP contribution in [0, 0.1) is 5.92 Å². The molecular formula is C43H82N14O18S2. The van der Waals surface area contributed by atoms with Gasteiger partial charge in [-0.05, 0) is 70.5 Å². The number of unbranched alkanes of at least 4 members (excludes halogenated alkanes) is 1. The first kappa shape index (κ1) is 77.6. The maximum absolute atomic E-state index is 11.4. The van der Waals surface area contributed by atoms with E-state index < -0.39 is 103 Å². The number of hydrogen-bond donors (Lipinski definition) is 22. The van der Waals surface area contributed by atoms with Crippen molar-refractivity contribution < 1.29 is 88.7 Å². The molecule has 0 amide bonds. The molecule has 9 atom stereocenters. The van der Waals surface area contributed by atoms with Crippen LogP contribution in [0.1, 0.15) is 76.6 Å². The second-order valence-corrected chi connectivity index (χ2v) is 17.4. The number of nitrogens with one attached hydrogen (secondary N) is 4. The zero-order valence-electron chi connectivity index (χ0n) is 43.0. The largest absolute Gasteiger partial charge is 0.480 e. The molecule has 0 saturated carbocycles. The van der Waals surface area contributed by atoms with Crippen LogP contribution in [-0.4, -0.2) is 207 Å². The van der Waals surface area contributed by atoms with Gasteiger partial charge in [0.05, 0.1) is 19.3 Å². The molecule has 2 saturated heterocycles. The van der Waals surface area contributed by atoms with Gasteiger partial charge in [0.25, 0.3) is 0 Å². The molecule has 2 aliphatic heterocycles. The van der Waals surface area contributed by atoms with Crippen molar-refractivity contribution in [2.45, 2.75) is 132 Å². The third-order valence-corrected chi connectivity index (χ3v) is 10.2. The van der Waals surface area contributed by atoms with Crippen molar-refractivity contribution in [1.29, 1.82) is 0 Å². The molecule has 32 nitrogen and oxygen atoms in total. The van der Waals surface area contributed by atoms with E-state index >= 15 is 0 Å². The Morgan fingerprint density at radius 2 is 0.974 bits per heavy atom. The molecule has 2 aliphatic rings. The molecule has 2 aromatic rings. The van der Waals surface area contributed by atoms with Crippen molar-refractivity contribution in [1.82, 2.24) is 30.6 Å². The van der Waals surface area contributed by atoms with E-state index in [9.17, 15) is 43.2 Å². The number of carboxylic acids is 7. The number of rotatable bonds is 22. The van der Waals surface area contributed by atoms with Crippen LogP contribution in [0.15, 0.2) is 25.0 Å². The van der Waals surface area contributed by atoms with Gasteiger partial charge in [-0.15, -0.1) is 0 Å². The average Bonchev–Trinajstić information content (AvgIpc) is 4.24. The van der Waals surface area contributed by atoms with Gasteiger partial charge in [-0.2, -0.15) is 25.3 Å². The number of carbonyl (C=O) groups is 9. The Bertz CT molecular complexity index is 1890. The minimum absolute atomic E-state index is 0.0991. The topological polar surface area (TPSA) is 614 Å². The molecule has 0 unspecified atom stereocenters. The summed E-state index contributed by atoms with van der Waals surface area (Å²) in [6.07, 6.45) is 12.8. The molecule has 34 heteroatoms. The number of carboxylic acid groups (broad SMARTS) is 7. The highest BCUT2D eigenvalue weighted by Gasteiger charge is 2.24. The van der Waals surface area contributed by atoms with Crippen LogP contribution in [0.5, 0.6) is 0 Å². The molecule has 28 N–H and O–H groups in total. The van der Waals surface area contributed by atoms with E-state index in [4.69, 9.17) is 86.7 Å². The van der Waals surface area contributed by atoms with Gasteiger partial charge < -0.3 is 112 Å².